The zero-order valence-corrected chi connectivity index (χ0v) is 17.8. The Kier molecular flexibility index (Phi) is 5.09. The first-order valence-electron chi connectivity index (χ1n) is 10.7. The summed E-state index contributed by atoms with van der Waals surface area (Å²) < 4.78 is 19.5. The first-order chi connectivity index (χ1) is 15.9. The van der Waals surface area contributed by atoms with Gasteiger partial charge in [-0.3, -0.25) is 20.2 Å². The maximum Gasteiger partial charge on any atom is 0.256 e. The van der Waals surface area contributed by atoms with Crippen LogP contribution in [0.15, 0.2) is 72.8 Å². The quantitative estimate of drug-likeness (QED) is 0.456. The van der Waals surface area contributed by atoms with Gasteiger partial charge < -0.3 is 10.1 Å². The van der Waals surface area contributed by atoms with Crippen LogP contribution in [0.1, 0.15) is 29.5 Å². The second-order valence-electron chi connectivity index (χ2n) is 8.45. The van der Waals surface area contributed by atoms with Gasteiger partial charge in [0.2, 0.25) is 0 Å². The van der Waals surface area contributed by atoms with Gasteiger partial charge in [0.25, 0.3) is 11.9 Å². The molecule has 1 spiro atoms. The fraction of sp³-hybridized carbons (Fsp3) is 0.240. The number of carbonyl (C=O) groups excluding carboxylic acids is 1. The molecule has 2 N–H and O–H groups in total. The summed E-state index contributed by atoms with van der Waals surface area (Å²) in [6, 6.07) is 18.9. The van der Waals surface area contributed by atoms with Crippen LogP contribution in [0.4, 0.5) is 10.1 Å². The standard InChI is InChI=1S/C25H22FN3O4/c1-15-22(16-10-12-18(13-11-16)33-14-17-6-2-4-8-20(17)26)23(29(31)32)25(28-15)19-7-3-5-9-21(19)27-24(25)30/h2-13,15,22-23,28H,14H2,1H3,(H,27,30)/t15-,22-,23-,25-/m0/s1. The van der Waals surface area contributed by atoms with Crippen LogP contribution in [0, 0.1) is 15.9 Å². The highest BCUT2D eigenvalue weighted by Crippen LogP contribution is 2.49. The Labute approximate surface area is 189 Å². The summed E-state index contributed by atoms with van der Waals surface area (Å²) in [7, 11) is 0. The molecular formula is C25H22FN3O4. The van der Waals surface area contributed by atoms with Crippen LogP contribution in [0.3, 0.4) is 0 Å². The van der Waals surface area contributed by atoms with Crippen LogP contribution in [0.25, 0.3) is 0 Å². The number of nitrogens with zero attached hydrogens (tertiary/aromatic N) is 1. The van der Waals surface area contributed by atoms with Crippen molar-refractivity contribution in [1.29, 1.82) is 0 Å². The summed E-state index contributed by atoms with van der Waals surface area (Å²) in [5.41, 5.74) is 0.910. The number of halogens is 1. The third-order valence-electron chi connectivity index (χ3n) is 6.58. The lowest BCUT2D eigenvalue weighted by molar-refractivity contribution is -0.532. The van der Waals surface area contributed by atoms with Gasteiger partial charge in [-0.1, -0.05) is 48.5 Å². The smallest absolute Gasteiger partial charge is 0.256 e. The molecule has 3 aromatic carbocycles. The first kappa shape index (κ1) is 21.1. The van der Waals surface area contributed by atoms with E-state index in [9.17, 15) is 19.3 Å². The lowest BCUT2D eigenvalue weighted by Gasteiger charge is -2.25. The van der Waals surface area contributed by atoms with Gasteiger partial charge in [0.05, 0.1) is 5.92 Å². The highest BCUT2D eigenvalue weighted by molar-refractivity contribution is 6.07. The summed E-state index contributed by atoms with van der Waals surface area (Å²) in [5, 5.41) is 18.4. The second-order valence-corrected chi connectivity index (χ2v) is 8.45. The van der Waals surface area contributed by atoms with Crippen molar-refractivity contribution >= 4 is 11.6 Å². The molecule has 0 bridgehead atoms. The number of hydrogen-bond acceptors (Lipinski definition) is 5. The maximum absolute atomic E-state index is 13.8. The number of carbonyl (C=O) groups is 1. The number of amides is 1. The molecule has 2 aliphatic rings. The number of nitrogens with one attached hydrogen (secondary N) is 2. The van der Waals surface area contributed by atoms with Crippen molar-refractivity contribution in [2.24, 2.45) is 0 Å². The summed E-state index contributed by atoms with van der Waals surface area (Å²) in [6.45, 7) is 1.93. The van der Waals surface area contributed by atoms with Crippen LogP contribution in [0.5, 0.6) is 5.75 Å². The van der Waals surface area contributed by atoms with Gasteiger partial charge in [0, 0.05) is 27.8 Å². The van der Waals surface area contributed by atoms with Crippen molar-refractivity contribution in [3.05, 3.63) is 105 Å². The van der Waals surface area contributed by atoms with Crippen molar-refractivity contribution in [2.75, 3.05) is 5.32 Å². The summed E-state index contributed by atoms with van der Waals surface area (Å²) in [5.74, 6) is -0.770. The van der Waals surface area contributed by atoms with Crippen LogP contribution in [-0.2, 0) is 16.9 Å². The van der Waals surface area contributed by atoms with Crippen molar-refractivity contribution in [3.8, 4) is 5.75 Å². The normalized spacial score (nSPS) is 25.6. The molecule has 7 nitrogen and oxygen atoms in total. The topological polar surface area (TPSA) is 93.5 Å². The number of fused-ring (bicyclic) bond motifs is 2. The molecule has 0 aromatic heterocycles. The van der Waals surface area contributed by atoms with Crippen LogP contribution in [-0.4, -0.2) is 22.9 Å². The third-order valence-corrected chi connectivity index (χ3v) is 6.58. The van der Waals surface area contributed by atoms with E-state index in [1.54, 1.807) is 66.7 Å². The van der Waals surface area contributed by atoms with Crippen molar-refractivity contribution in [2.45, 2.75) is 37.1 Å². The van der Waals surface area contributed by atoms with E-state index in [1.807, 2.05) is 6.92 Å². The molecule has 1 amide bonds. The molecule has 2 heterocycles. The Morgan fingerprint density at radius 2 is 1.76 bits per heavy atom. The minimum Gasteiger partial charge on any atom is -0.489 e. The molecule has 0 aliphatic carbocycles. The average molecular weight is 447 g/mol. The Morgan fingerprint density at radius 3 is 2.48 bits per heavy atom. The fourth-order valence-electron chi connectivity index (χ4n) is 5.12. The minimum absolute atomic E-state index is 0.0744. The molecule has 0 unspecified atom stereocenters. The monoisotopic (exact) mass is 447 g/mol. The molecule has 3 aromatic rings. The van der Waals surface area contributed by atoms with Crippen molar-refractivity contribution in [1.82, 2.24) is 5.32 Å². The summed E-state index contributed by atoms with van der Waals surface area (Å²) in [6.07, 6.45) is 0. The van der Waals surface area contributed by atoms with Gasteiger partial charge >= 0.3 is 0 Å². The Hall–Kier alpha value is -3.78. The number of nitro groups is 1. The van der Waals surface area contributed by atoms with Crippen LogP contribution in [0.2, 0.25) is 0 Å². The predicted octanol–water partition coefficient (Wildman–Crippen LogP) is 3.97. The number of ether oxygens (including phenoxy) is 1. The van der Waals surface area contributed by atoms with E-state index in [4.69, 9.17) is 4.74 Å². The molecule has 168 valence electrons. The average Bonchev–Trinajstić information content (AvgIpc) is 3.27. The Morgan fingerprint density at radius 1 is 1.06 bits per heavy atom. The van der Waals surface area contributed by atoms with E-state index in [2.05, 4.69) is 10.6 Å². The van der Waals surface area contributed by atoms with Gasteiger partial charge in [-0.15, -0.1) is 0 Å². The fourth-order valence-corrected chi connectivity index (χ4v) is 5.12. The minimum atomic E-state index is -1.44. The summed E-state index contributed by atoms with van der Waals surface area (Å²) >= 11 is 0. The third kappa shape index (κ3) is 3.34. The van der Waals surface area contributed by atoms with Crippen LogP contribution >= 0.6 is 0 Å². The first-order valence-corrected chi connectivity index (χ1v) is 10.7. The number of anilines is 1. The summed E-state index contributed by atoms with van der Waals surface area (Å²) in [4.78, 5) is 25.0. The van der Waals surface area contributed by atoms with Crippen LogP contribution < -0.4 is 15.4 Å². The van der Waals surface area contributed by atoms with E-state index >= 15 is 0 Å². The molecule has 1 saturated heterocycles. The van der Waals surface area contributed by atoms with Crippen molar-refractivity contribution in [3.63, 3.8) is 0 Å². The lowest BCUT2D eigenvalue weighted by atomic mass is 9.78. The van der Waals surface area contributed by atoms with Gasteiger partial charge in [-0.25, -0.2) is 4.39 Å². The zero-order valence-electron chi connectivity index (χ0n) is 17.8. The highest BCUT2D eigenvalue weighted by Gasteiger charge is 2.67. The zero-order chi connectivity index (χ0) is 23.2. The SMILES string of the molecule is C[C@@H]1N[C@]2(C(=O)Nc3ccccc32)[C@@H]([N+](=O)[O-])[C@@H]1c1ccc(OCc2ccccc2F)cc1. The lowest BCUT2D eigenvalue weighted by Crippen LogP contribution is -2.54. The molecule has 8 heteroatoms. The number of rotatable bonds is 5. The van der Waals surface area contributed by atoms with E-state index in [1.165, 1.54) is 6.07 Å². The van der Waals surface area contributed by atoms with Gasteiger partial charge in [0.1, 0.15) is 18.2 Å². The van der Waals surface area contributed by atoms with Gasteiger partial charge in [-0.05, 0) is 36.8 Å². The molecule has 33 heavy (non-hydrogen) atoms. The number of hydrogen-bond donors (Lipinski definition) is 2. The van der Waals surface area contributed by atoms with E-state index in [0.29, 0.717) is 22.6 Å². The molecule has 2 aliphatic heterocycles. The molecule has 0 saturated carbocycles. The van der Waals surface area contributed by atoms with Gasteiger partial charge in [-0.2, -0.15) is 0 Å². The second kappa shape index (κ2) is 7.97. The maximum atomic E-state index is 13.8. The molecule has 1 fully saturated rings. The Balaban J connectivity index is 1.44. The number of para-hydroxylation sites is 1. The number of benzene rings is 3. The Bertz CT molecular complexity index is 1230. The van der Waals surface area contributed by atoms with E-state index in [-0.39, 0.29) is 23.4 Å². The van der Waals surface area contributed by atoms with Crippen molar-refractivity contribution < 1.29 is 18.8 Å². The van der Waals surface area contributed by atoms with E-state index in [0.717, 1.165) is 5.56 Å². The molecule has 4 atom stereocenters. The molecule has 0 radical (unpaired) electrons. The van der Waals surface area contributed by atoms with Gasteiger partial charge in [0.15, 0.2) is 5.54 Å². The van der Waals surface area contributed by atoms with E-state index < -0.39 is 23.4 Å². The predicted molar refractivity (Wildman–Crippen MR) is 120 cm³/mol. The largest absolute Gasteiger partial charge is 0.489 e. The highest BCUT2D eigenvalue weighted by atomic mass is 19.1. The molecule has 5 rings (SSSR count). The molecular weight excluding hydrogens is 425 g/mol.